The molecule has 2 aromatic carbocycles. The Bertz CT molecular complexity index is 714. The molecule has 0 saturated heterocycles. The highest BCUT2D eigenvalue weighted by molar-refractivity contribution is 5.92. The number of carboxylic acid groups (broad SMARTS) is 1. The van der Waals surface area contributed by atoms with Gasteiger partial charge in [-0.3, -0.25) is 0 Å². The molecule has 3 N–H and O–H groups in total. The summed E-state index contributed by atoms with van der Waals surface area (Å²) < 4.78 is 5.10. The van der Waals surface area contributed by atoms with E-state index in [0.29, 0.717) is 6.42 Å². The number of benzene rings is 2. The first-order chi connectivity index (χ1) is 13.5. The Balaban J connectivity index is 0.000000311. The molecule has 6 nitrogen and oxygen atoms in total. The lowest BCUT2D eigenvalue weighted by Crippen LogP contribution is -2.18. The summed E-state index contributed by atoms with van der Waals surface area (Å²) in [6.07, 6.45) is 3.29. The van der Waals surface area contributed by atoms with Crippen LogP contribution in [0.3, 0.4) is 0 Å². The largest absolute Gasteiger partial charge is 0.507 e. The molecule has 0 spiro atoms. The zero-order chi connectivity index (χ0) is 20.8. The molecule has 2 rings (SSSR count). The van der Waals surface area contributed by atoms with Crippen LogP contribution >= 0.6 is 0 Å². The van der Waals surface area contributed by atoms with Gasteiger partial charge in [0, 0.05) is 0 Å². The molecule has 0 saturated carbocycles. The molecule has 1 unspecified atom stereocenters. The minimum Gasteiger partial charge on any atom is -0.507 e. The fourth-order valence-electron chi connectivity index (χ4n) is 2.34. The minimum atomic E-state index is -1.16. The van der Waals surface area contributed by atoms with E-state index in [1.54, 1.807) is 12.1 Å². The highest BCUT2D eigenvalue weighted by atomic mass is 16.5. The van der Waals surface area contributed by atoms with Crippen LogP contribution in [-0.2, 0) is 16.1 Å². The fraction of sp³-hybridized carbons (Fsp3) is 0.364. The summed E-state index contributed by atoms with van der Waals surface area (Å²) >= 11 is 0. The van der Waals surface area contributed by atoms with Gasteiger partial charge in [-0.05, 0) is 24.1 Å². The van der Waals surface area contributed by atoms with Crippen molar-refractivity contribution in [1.82, 2.24) is 0 Å². The van der Waals surface area contributed by atoms with Crippen molar-refractivity contribution in [3.8, 4) is 5.75 Å². The predicted molar refractivity (Wildman–Crippen MR) is 106 cm³/mol. The summed E-state index contributed by atoms with van der Waals surface area (Å²) in [4.78, 5) is 21.8. The van der Waals surface area contributed by atoms with Gasteiger partial charge in [-0.25, -0.2) is 9.59 Å². The molecule has 0 aromatic heterocycles. The highest BCUT2D eigenvalue weighted by Gasteiger charge is 2.12. The Labute approximate surface area is 165 Å². The molecule has 2 aromatic rings. The van der Waals surface area contributed by atoms with Crippen molar-refractivity contribution < 1.29 is 29.6 Å². The van der Waals surface area contributed by atoms with Crippen LogP contribution in [0.25, 0.3) is 0 Å². The first kappa shape index (κ1) is 23.2. The molecular weight excluding hydrogens is 360 g/mol. The SMILES string of the molecule is CCCCCCC(O)C(=O)O.O=C(OCc1ccccc1)c1ccccc1O. The molecule has 0 radical (unpaired) electrons. The molecule has 1 atom stereocenters. The van der Waals surface area contributed by atoms with Gasteiger partial charge >= 0.3 is 11.9 Å². The van der Waals surface area contributed by atoms with Crippen molar-refractivity contribution in [3.05, 3.63) is 65.7 Å². The molecule has 6 heteroatoms. The number of carbonyl (C=O) groups is 2. The van der Waals surface area contributed by atoms with E-state index in [1.165, 1.54) is 12.1 Å². The van der Waals surface area contributed by atoms with Gasteiger partial charge in [0.1, 0.15) is 17.9 Å². The predicted octanol–water partition coefficient (Wildman–Crippen LogP) is 4.15. The van der Waals surface area contributed by atoms with Crippen molar-refractivity contribution in [2.24, 2.45) is 0 Å². The van der Waals surface area contributed by atoms with Gasteiger partial charge in [-0.1, -0.05) is 75.1 Å². The molecular formula is C22H28O6. The van der Waals surface area contributed by atoms with Gasteiger partial charge in [0.05, 0.1) is 0 Å². The van der Waals surface area contributed by atoms with E-state index >= 15 is 0 Å². The lowest BCUT2D eigenvalue weighted by Gasteiger charge is -2.05. The van der Waals surface area contributed by atoms with E-state index in [-0.39, 0.29) is 17.9 Å². The average Bonchev–Trinajstić information content (AvgIpc) is 2.71. The number of ether oxygens (including phenoxy) is 1. The van der Waals surface area contributed by atoms with Crippen LogP contribution in [0.15, 0.2) is 54.6 Å². The summed E-state index contributed by atoms with van der Waals surface area (Å²) in [5.74, 6) is -1.70. The van der Waals surface area contributed by atoms with E-state index in [4.69, 9.17) is 14.9 Å². The summed E-state index contributed by atoms with van der Waals surface area (Å²) in [6, 6.07) is 15.7. The monoisotopic (exact) mass is 388 g/mol. The molecule has 0 heterocycles. The van der Waals surface area contributed by atoms with Gasteiger partial charge in [0.15, 0.2) is 6.10 Å². The van der Waals surface area contributed by atoms with Crippen LogP contribution < -0.4 is 0 Å². The van der Waals surface area contributed by atoms with Crippen molar-refractivity contribution in [2.75, 3.05) is 0 Å². The number of esters is 1. The number of hydrogen-bond donors (Lipinski definition) is 3. The summed E-state index contributed by atoms with van der Waals surface area (Å²) in [6.45, 7) is 2.29. The van der Waals surface area contributed by atoms with Crippen LogP contribution in [-0.4, -0.2) is 33.4 Å². The van der Waals surface area contributed by atoms with Gasteiger partial charge in [-0.15, -0.1) is 0 Å². The number of aliphatic hydroxyl groups is 1. The van der Waals surface area contributed by atoms with E-state index in [2.05, 4.69) is 6.92 Å². The van der Waals surface area contributed by atoms with Crippen LogP contribution in [0.4, 0.5) is 0 Å². The molecule has 0 aliphatic carbocycles. The first-order valence-electron chi connectivity index (χ1n) is 9.35. The summed E-state index contributed by atoms with van der Waals surface area (Å²) in [7, 11) is 0. The maximum absolute atomic E-state index is 11.7. The normalized spacial score (nSPS) is 11.1. The topological polar surface area (TPSA) is 104 Å². The van der Waals surface area contributed by atoms with Crippen molar-refractivity contribution in [2.45, 2.75) is 51.7 Å². The molecule has 0 amide bonds. The van der Waals surface area contributed by atoms with Crippen LogP contribution in [0.2, 0.25) is 0 Å². The number of hydrogen-bond acceptors (Lipinski definition) is 5. The number of phenols is 1. The second-order valence-corrected chi connectivity index (χ2v) is 6.28. The van der Waals surface area contributed by atoms with E-state index in [0.717, 1.165) is 31.2 Å². The number of rotatable bonds is 9. The number of phenolic OH excluding ortho intramolecular Hbond substituents is 1. The average molecular weight is 388 g/mol. The molecule has 152 valence electrons. The maximum Gasteiger partial charge on any atom is 0.342 e. The minimum absolute atomic E-state index is 0.0643. The van der Waals surface area contributed by atoms with Gasteiger partial charge in [0.2, 0.25) is 0 Å². The Kier molecular flexibility index (Phi) is 11.0. The number of carbonyl (C=O) groups excluding carboxylic acids is 1. The molecule has 0 aliphatic rings. The number of aromatic hydroxyl groups is 1. The number of aliphatic hydroxyl groups excluding tert-OH is 1. The second kappa shape index (κ2) is 13.3. The molecule has 28 heavy (non-hydrogen) atoms. The number of para-hydroxylation sites is 1. The summed E-state index contributed by atoms with van der Waals surface area (Å²) in [5, 5.41) is 26.6. The van der Waals surface area contributed by atoms with Gasteiger partial charge in [0.25, 0.3) is 0 Å². The zero-order valence-electron chi connectivity index (χ0n) is 16.1. The fourth-order valence-corrected chi connectivity index (χ4v) is 2.34. The smallest absolute Gasteiger partial charge is 0.342 e. The van der Waals surface area contributed by atoms with Crippen molar-refractivity contribution in [1.29, 1.82) is 0 Å². The Morgan fingerprint density at radius 2 is 1.61 bits per heavy atom. The summed E-state index contributed by atoms with van der Waals surface area (Å²) in [5.41, 5.74) is 1.10. The first-order valence-corrected chi connectivity index (χ1v) is 9.35. The standard InChI is InChI=1S/C14H12O3.C8H16O3/c15-13-9-5-4-8-12(13)14(16)17-10-11-6-2-1-3-7-11;1-2-3-4-5-6-7(9)8(10)11/h1-9,15H,10H2;7,9H,2-6H2,1H3,(H,10,11). The number of aliphatic carboxylic acids is 1. The Morgan fingerprint density at radius 1 is 0.964 bits per heavy atom. The maximum atomic E-state index is 11.7. The van der Waals surface area contributed by atoms with Crippen molar-refractivity contribution >= 4 is 11.9 Å². The quantitative estimate of drug-likeness (QED) is 0.440. The van der Waals surface area contributed by atoms with Crippen LogP contribution in [0.5, 0.6) is 5.75 Å². The molecule has 0 bridgehead atoms. The van der Waals surface area contributed by atoms with Crippen LogP contribution in [0.1, 0.15) is 54.9 Å². The van der Waals surface area contributed by atoms with E-state index in [9.17, 15) is 14.7 Å². The van der Waals surface area contributed by atoms with E-state index < -0.39 is 18.0 Å². The zero-order valence-corrected chi connectivity index (χ0v) is 16.1. The number of unbranched alkanes of at least 4 members (excludes halogenated alkanes) is 3. The third-order valence-electron chi connectivity index (χ3n) is 3.95. The van der Waals surface area contributed by atoms with Crippen molar-refractivity contribution in [3.63, 3.8) is 0 Å². The molecule has 0 fully saturated rings. The third-order valence-corrected chi connectivity index (χ3v) is 3.95. The number of carboxylic acids is 1. The third kappa shape index (κ3) is 9.19. The lowest BCUT2D eigenvalue weighted by molar-refractivity contribution is -0.146. The lowest BCUT2D eigenvalue weighted by atomic mass is 10.1. The van der Waals surface area contributed by atoms with Gasteiger partial charge in [-0.2, -0.15) is 0 Å². The highest BCUT2D eigenvalue weighted by Crippen LogP contribution is 2.17. The Morgan fingerprint density at radius 3 is 2.21 bits per heavy atom. The second-order valence-electron chi connectivity index (χ2n) is 6.28. The van der Waals surface area contributed by atoms with Gasteiger partial charge < -0.3 is 20.1 Å². The molecule has 0 aliphatic heterocycles. The van der Waals surface area contributed by atoms with E-state index in [1.807, 2.05) is 30.3 Å². The van der Waals surface area contributed by atoms with Crippen LogP contribution in [0, 0.1) is 0 Å². The Hall–Kier alpha value is -2.86.